The third-order valence-corrected chi connectivity index (χ3v) is 3.80. The van der Waals surface area contributed by atoms with E-state index in [9.17, 15) is 14.4 Å². The first-order chi connectivity index (χ1) is 11.5. The Bertz CT molecular complexity index is 634. The highest BCUT2D eigenvalue weighted by atomic mass is 16.5. The largest absolute Gasteiger partial charge is 0.495 e. The van der Waals surface area contributed by atoms with E-state index in [1.54, 1.807) is 31.1 Å². The number of anilines is 1. The van der Waals surface area contributed by atoms with Crippen LogP contribution in [0.3, 0.4) is 0 Å². The third-order valence-electron chi connectivity index (χ3n) is 3.80. The number of nitrogens with zero attached hydrogens (tertiary/aromatic N) is 2. The second kappa shape index (κ2) is 7.67. The number of methoxy groups -OCH3 is 2. The lowest BCUT2D eigenvalue weighted by atomic mass is 10.2. The number of hydrogen-bond acceptors (Lipinski definition) is 5. The average Bonchev–Trinajstić information content (AvgIpc) is 2.60. The van der Waals surface area contributed by atoms with Crippen LogP contribution in [0.2, 0.25) is 0 Å². The molecular formula is C16H21N3O5. The Labute approximate surface area is 140 Å². The van der Waals surface area contributed by atoms with Crippen molar-refractivity contribution in [3.8, 4) is 5.75 Å². The van der Waals surface area contributed by atoms with E-state index in [0.29, 0.717) is 24.5 Å². The lowest BCUT2D eigenvalue weighted by Crippen LogP contribution is -2.56. The zero-order chi connectivity index (χ0) is 17.7. The monoisotopic (exact) mass is 335 g/mol. The van der Waals surface area contributed by atoms with Gasteiger partial charge < -0.3 is 24.6 Å². The first kappa shape index (κ1) is 17.6. The summed E-state index contributed by atoms with van der Waals surface area (Å²) in [5.41, 5.74) is 0.679. The second-order valence-electron chi connectivity index (χ2n) is 5.33. The van der Waals surface area contributed by atoms with Crippen molar-refractivity contribution < 1.29 is 23.9 Å². The first-order valence-electron chi connectivity index (χ1n) is 7.54. The summed E-state index contributed by atoms with van der Waals surface area (Å²) in [7, 11) is 2.77. The van der Waals surface area contributed by atoms with Crippen LogP contribution in [0.4, 0.5) is 10.5 Å². The molecule has 0 radical (unpaired) electrons. The van der Waals surface area contributed by atoms with E-state index in [0.717, 1.165) is 0 Å². The summed E-state index contributed by atoms with van der Waals surface area (Å²) in [4.78, 5) is 39.0. The number of nitrogens with one attached hydrogen (secondary N) is 1. The molecule has 24 heavy (non-hydrogen) atoms. The van der Waals surface area contributed by atoms with Gasteiger partial charge in [-0.3, -0.25) is 9.59 Å². The fourth-order valence-corrected chi connectivity index (χ4v) is 2.54. The number of hydrogen-bond donors (Lipinski definition) is 1. The number of amides is 3. The topological polar surface area (TPSA) is 88.2 Å². The van der Waals surface area contributed by atoms with Gasteiger partial charge in [0.1, 0.15) is 18.3 Å². The van der Waals surface area contributed by atoms with Crippen LogP contribution in [0.15, 0.2) is 24.3 Å². The summed E-state index contributed by atoms with van der Waals surface area (Å²) in [5, 5.41) is 2.41. The second-order valence-corrected chi connectivity index (χ2v) is 5.33. The predicted molar refractivity (Wildman–Crippen MR) is 86.9 cm³/mol. The minimum absolute atomic E-state index is 0.0515. The van der Waals surface area contributed by atoms with Gasteiger partial charge in [-0.15, -0.1) is 0 Å². The van der Waals surface area contributed by atoms with Crippen LogP contribution in [0, 0.1) is 0 Å². The molecule has 130 valence electrons. The van der Waals surface area contributed by atoms with E-state index in [1.807, 2.05) is 12.1 Å². The number of alkyl carbamates (subject to hydrolysis) is 1. The Morgan fingerprint density at radius 3 is 2.54 bits per heavy atom. The summed E-state index contributed by atoms with van der Waals surface area (Å²) in [6, 6.07) is 6.47. The molecule has 8 nitrogen and oxygen atoms in total. The van der Waals surface area contributed by atoms with Gasteiger partial charge in [0.15, 0.2) is 0 Å². The first-order valence-corrected chi connectivity index (χ1v) is 7.54. The van der Waals surface area contributed by atoms with Gasteiger partial charge in [0.2, 0.25) is 11.8 Å². The minimum Gasteiger partial charge on any atom is -0.495 e. The molecule has 1 saturated heterocycles. The molecule has 1 N–H and O–H groups in total. The van der Waals surface area contributed by atoms with Crippen molar-refractivity contribution in [2.45, 2.75) is 13.0 Å². The molecule has 0 unspecified atom stereocenters. The maximum absolute atomic E-state index is 12.4. The van der Waals surface area contributed by atoms with Gasteiger partial charge in [-0.05, 0) is 19.1 Å². The highest BCUT2D eigenvalue weighted by molar-refractivity contribution is 5.99. The molecule has 3 amide bonds. The molecular weight excluding hydrogens is 314 g/mol. The Kier molecular flexibility index (Phi) is 5.62. The van der Waals surface area contributed by atoms with Crippen molar-refractivity contribution in [1.82, 2.24) is 10.2 Å². The van der Waals surface area contributed by atoms with Gasteiger partial charge in [-0.2, -0.15) is 0 Å². The average molecular weight is 335 g/mol. The lowest BCUT2D eigenvalue weighted by molar-refractivity contribution is -0.138. The molecule has 0 aliphatic carbocycles. The molecule has 0 spiro atoms. The fraction of sp³-hybridized carbons (Fsp3) is 0.438. The summed E-state index contributed by atoms with van der Waals surface area (Å²) in [6.07, 6.45) is -0.685. The van der Waals surface area contributed by atoms with Crippen LogP contribution in [0.5, 0.6) is 5.75 Å². The molecule has 0 aromatic heterocycles. The van der Waals surface area contributed by atoms with Crippen molar-refractivity contribution in [1.29, 1.82) is 0 Å². The highest BCUT2D eigenvalue weighted by Crippen LogP contribution is 2.28. The minimum atomic E-state index is -0.761. The van der Waals surface area contributed by atoms with Crippen molar-refractivity contribution >= 4 is 23.6 Å². The number of para-hydroxylation sites is 2. The van der Waals surface area contributed by atoms with Gasteiger partial charge >= 0.3 is 6.09 Å². The zero-order valence-electron chi connectivity index (χ0n) is 13.9. The maximum Gasteiger partial charge on any atom is 0.407 e. The highest BCUT2D eigenvalue weighted by Gasteiger charge is 2.31. The number of benzene rings is 1. The van der Waals surface area contributed by atoms with Crippen molar-refractivity contribution in [2.24, 2.45) is 0 Å². The van der Waals surface area contributed by atoms with Crippen LogP contribution in [-0.4, -0.2) is 62.7 Å². The quantitative estimate of drug-likeness (QED) is 0.871. The van der Waals surface area contributed by atoms with Crippen molar-refractivity contribution in [2.75, 3.05) is 38.8 Å². The summed E-state index contributed by atoms with van der Waals surface area (Å²) in [6.45, 7) is 2.23. The van der Waals surface area contributed by atoms with Crippen LogP contribution in [-0.2, 0) is 14.3 Å². The third kappa shape index (κ3) is 3.76. The number of carbonyl (C=O) groups excluding carboxylic acids is 3. The molecule has 0 saturated carbocycles. The molecule has 1 fully saturated rings. The normalized spacial score (nSPS) is 15.7. The van der Waals surface area contributed by atoms with Crippen LogP contribution in [0.1, 0.15) is 6.92 Å². The number of carbonyl (C=O) groups is 3. The van der Waals surface area contributed by atoms with Crippen molar-refractivity contribution in [3.63, 3.8) is 0 Å². The van der Waals surface area contributed by atoms with Gasteiger partial charge in [-0.1, -0.05) is 12.1 Å². The Hall–Kier alpha value is -2.77. The zero-order valence-corrected chi connectivity index (χ0v) is 13.9. The number of ether oxygens (including phenoxy) is 2. The van der Waals surface area contributed by atoms with Gasteiger partial charge in [0, 0.05) is 13.1 Å². The summed E-state index contributed by atoms with van der Waals surface area (Å²) < 4.78 is 9.75. The molecule has 1 aliphatic heterocycles. The maximum atomic E-state index is 12.4. The Morgan fingerprint density at radius 1 is 1.21 bits per heavy atom. The summed E-state index contributed by atoms with van der Waals surface area (Å²) in [5.74, 6) is 0.0733. The Balaban J connectivity index is 2.04. The van der Waals surface area contributed by atoms with Gasteiger partial charge in [-0.25, -0.2) is 4.79 Å². The van der Waals surface area contributed by atoms with E-state index in [-0.39, 0.29) is 18.4 Å². The van der Waals surface area contributed by atoms with Crippen LogP contribution in [0.25, 0.3) is 0 Å². The predicted octanol–water partition coefficient (Wildman–Crippen LogP) is 0.615. The molecule has 1 aromatic carbocycles. The van der Waals surface area contributed by atoms with E-state index < -0.39 is 12.1 Å². The molecule has 0 bridgehead atoms. The molecule has 1 aromatic rings. The lowest BCUT2D eigenvalue weighted by Gasteiger charge is -2.35. The molecule has 1 atom stereocenters. The van der Waals surface area contributed by atoms with Crippen molar-refractivity contribution in [3.05, 3.63) is 24.3 Å². The fourth-order valence-electron chi connectivity index (χ4n) is 2.54. The van der Waals surface area contributed by atoms with E-state index in [4.69, 9.17) is 4.74 Å². The standard InChI is InChI=1S/C16H21N3O5/c1-11(17-16(22)24-3)15(21)18-8-9-19(14(20)10-18)12-6-4-5-7-13(12)23-2/h4-7,11H,8-10H2,1-3H3,(H,17,22)/t11-/m1/s1. The molecule has 2 rings (SSSR count). The van der Waals surface area contributed by atoms with Crippen LogP contribution < -0.4 is 15.0 Å². The summed E-state index contributed by atoms with van der Waals surface area (Å²) >= 11 is 0. The van der Waals surface area contributed by atoms with E-state index in [2.05, 4.69) is 10.1 Å². The van der Waals surface area contributed by atoms with Gasteiger partial charge in [0.25, 0.3) is 0 Å². The van der Waals surface area contributed by atoms with E-state index in [1.165, 1.54) is 12.0 Å². The van der Waals surface area contributed by atoms with E-state index >= 15 is 0 Å². The SMILES string of the molecule is COC(=O)N[C@H](C)C(=O)N1CCN(c2ccccc2OC)C(=O)C1. The molecule has 1 heterocycles. The van der Waals surface area contributed by atoms with Crippen LogP contribution >= 0.6 is 0 Å². The Morgan fingerprint density at radius 2 is 1.92 bits per heavy atom. The molecule has 1 aliphatic rings. The number of piperazine rings is 1. The number of rotatable bonds is 4. The van der Waals surface area contributed by atoms with Gasteiger partial charge in [0.05, 0.1) is 19.9 Å². The smallest absolute Gasteiger partial charge is 0.407 e. The molecule has 8 heteroatoms.